The molecule has 0 saturated heterocycles. The molecule has 0 atom stereocenters. The Morgan fingerprint density at radius 3 is 2.61 bits per heavy atom. The van der Waals surface area contributed by atoms with Gasteiger partial charge in [0.2, 0.25) is 5.28 Å². The molecule has 2 heterocycles. The van der Waals surface area contributed by atoms with E-state index in [4.69, 9.17) is 11.6 Å². The van der Waals surface area contributed by atoms with Gasteiger partial charge in [-0.1, -0.05) is 43.7 Å². The fraction of sp³-hybridized carbons (Fsp3) is 0.333. The minimum atomic E-state index is 0.293. The van der Waals surface area contributed by atoms with Crippen LogP contribution < -0.4 is 5.32 Å². The van der Waals surface area contributed by atoms with Crippen LogP contribution in [0.2, 0.25) is 5.28 Å². The van der Waals surface area contributed by atoms with E-state index in [9.17, 15) is 0 Å². The molecular formula is C18H20ClN3S. The predicted octanol–water partition coefficient (Wildman–Crippen LogP) is 5.78. The molecule has 0 fully saturated rings. The summed E-state index contributed by atoms with van der Waals surface area (Å²) in [4.78, 5) is 9.72. The third kappa shape index (κ3) is 3.65. The molecule has 1 aromatic carbocycles. The van der Waals surface area contributed by atoms with Crippen molar-refractivity contribution in [3.8, 4) is 11.1 Å². The Balaban J connectivity index is 2.04. The second kappa shape index (κ2) is 6.85. The molecule has 0 aliphatic carbocycles. The van der Waals surface area contributed by atoms with Crippen LogP contribution >= 0.6 is 22.9 Å². The molecule has 3 rings (SSSR count). The molecule has 3 aromatic rings. The van der Waals surface area contributed by atoms with Crippen molar-refractivity contribution in [2.24, 2.45) is 5.92 Å². The first-order chi connectivity index (χ1) is 11.0. The van der Waals surface area contributed by atoms with Gasteiger partial charge in [-0.25, -0.2) is 9.97 Å². The van der Waals surface area contributed by atoms with Crippen molar-refractivity contribution >= 4 is 39.0 Å². The first kappa shape index (κ1) is 16.2. The Kier molecular flexibility index (Phi) is 4.83. The van der Waals surface area contributed by atoms with Crippen molar-refractivity contribution in [3.63, 3.8) is 0 Å². The third-order valence-corrected chi connectivity index (χ3v) is 4.82. The van der Waals surface area contributed by atoms with Crippen molar-refractivity contribution in [2.75, 3.05) is 11.9 Å². The van der Waals surface area contributed by atoms with Crippen LogP contribution in [0.25, 0.3) is 21.3 Å². The fourth-order valence-corrected chi connectivity index (χ4v) is 3.63. The lowest BCUT2D eigenvalue weighted by atomic mass is 10.0. The number of aryl methyl sites for hydroxylation is 1. The monoisotopic (exact) mass is 345 g/mol. The molecule has 0 amide bonds. The molecule has 5 heteroatoms. The summed E-state index contributed by atoms with van der Waals surface area (Å²) in [5, 5.41) is 6.93. The number of anilines is 1. The number of hydrogen-bond donors (Lipinski definition) is 1. The van der Waals surface area contributed by atoms with E-state index in [1.807, 2.05) is 0 Å². The first-order valence-corrected chi connectivity index (χ1v) is 9.06. The average Bonchev–Trinajstić information content (AvgIpc) is 2.91. The first-order valence-electron chi connectivity index (χ1n) is 7.80. The standard InChI is InChI=1S/C18H20ClN3S/c1-11(2)8-9-20-16-15-14(13-6-4-12(3)5-7-13)10-23-17(15)22-18(19)21-16/h4-7,10-11H,8-9H2,1-3H3,(H,20,21,22). The maximum atomic E-state index is 6.09. The van der Waals surface area contributed by atoms with Crippen molar-refractivity contribution in [1.29, 1.82) is 0 Å². The van der Waals surface area contributed by atoms with Crippen molar-refractivity contribution in [2.45, 2.75) is 27.2 Å². The normalized spacial score (nSPS) is 11.3. The molecule has 0 unspecified atom stereocenters. The van der Waals surface area contributed by atoms with Crippen LogP contribution in [0.5, 0.6) is 0 Å². The molecule has 0 bridgehead atoms. The highest BCUT2D eigenvalue weighted by atomic mass is 35.5. The quantitative estimate of drug-likeness (QED) is 0.596. The number of fused-ring (bicyclic) bond motifs is 1. The number of thiophene rings is 1. The highest BCUT2D eigenvalue weighted by Crippen LogP contribution is 2.37. The summed E-state index contributed by atoms with van der Waals surface area (Å²) in [6.07, 6.45) is 1.09. The minimum Gasteiger partial charge on any atom is -0.369 e. The van der Waals surface area contributed by atoms with Crippen LogP contribution in [-0.2, 0) is 0 Å². The second-order valence-electron chi connectivity index (χ2n) is 6.15. The van der Waals surface area contributed by atoms with Gasteiger partial charge in [0, 0.05) is 17.5 Å². The van der Waals surface area contributed by atoms with E-state index in [2.05, 4.69) is 65.7 Å². The highest BCUT2D eigenvalue weighted by Gasteiger charge is 2.14. The second-order valence-corrected chi connectivity index (χ2v) is 7.34. The van der Waals surface area contributed by atoms with E-state index in [1.54, 1.807) is 11.3 Å². The Morgan fingerprint density at radius 1 is 1.17 bits per heavy atom. The van der Waals surface area contributed by atoms with Gasteiger partial charge in [-0.05, 0) is 36.4 Å². The molecule has 1 N–H and O–H groups in total. The van der Waals surface area contributed by atoms with Gasteiger partial charge in [0.1, 0.15) is 10.6 Å². The van der Waals surface area contributed by atoms with E-state index in [-0.39, 0.29) is 0 Å². The molecular weight excluding hydrogens is 326 g/mol. The number of halogens is 1. The van der Waals surface area contributed by atoms with Crippen LogP contribution in [0.1, 0.15) is 25.8 Å². The van der Waals surface area contributed by atoms with E-state index in [0.717, 1.165) is 34.6 Å². The Morgan fingerprint density at radius 2 is 1.91 bits per heavy atom. The van der Waals surface area contributed by atoms with Gasteiger partial charge in [0.15, 0.2) is 0 Å². The maximum absolute atomic E-state index is 6.09. The number of benzene rings is 1. The summed E-state index contributed by atoms with van der Waals surface area (Å²) >= 11 is 7.69. The number of nitrogens with zero attached hydrogens (tertiary/aromatic N) is 2. The van der Waals surface area contributed by atoms with Crippen LogP contribution in [-0.4, -0.2) is 16.5 Å². The summed E-state index contributed by atoms with van der Waals surface area (Å²) in [5.74, 6) is 1.48. The molecule has 0 aliphatic heterocycles. The molecule has 2 aromatic heterocycles. The van der Waals surface area contributed by atoms with Crippen LogP contribution in [0.3, 0.4) is 0 Å². The van der Waals surface area contributed by atoms with Gasteiger partial charge in [-0.3, -0.25) is 0 Å². The molecule has 0 spiro atoms. The van der Waals surface area contributed by atoms with Crippen LogP contribution in [0.4, 0.5) is 5.82 Å². The van der Waals surface area contributed by atoms with Gasteiger partial charge in [-0.2, -0.15) is 0 Å². The SMILES string of the molecule is Cc1ccc(-c2csc3nc(Cl)nc(NCCC(C)C)c23)cc1. The Hall–Kier alpha value is -1.65. The lowest BCUT2D eigenvalue weighted by molar-refractivity contribution is 0.607. The van der Waals surface area contributed by atoms with Gasteiger partial charge < -0.3 is 5.32 Å². The fourth-order valence-electron chi connectivity index (χ4n) is 2.47. The molecule has 3 nitrogen and oxygen atoms in total. The number of nitrogens with one attached hydrogen (secondary N) is 1. The van der Waals surface area contributed by atoms with Crippen LogP contribution in [0, 0.1) is 12.8 Å². The average molecular weight is 346 g/mol. The molecule has 120 valence electrons. The number of hydrogen-bond acceptors (Lipinski definition) is 4. The van der Waals surface area contributed by atoms with E-state index < -0.39 is 0 Å². The predicted molar refractivity (Wildman–Crippen MR) is 101 cm³/mol. The summed E-state index contributed by atoms with van der Waals surface area (Å²) in [6, 6.07) is 8.54. The highest BCUT2D eigenvalue weighted by molar-refractivity contribution is 7.17. The lowest BCUT2D eigenvalue weighted by Gasteiger charge is -2.10. The zero-order chi connectivity index (χ0) is 16.4. The molecule has 0 saturated carbocycles. The van der Waals surface area contributed by atoms with Crippen LogP contribution in [0.15, 0.2) is 29.6 Å². The van der Waals surface area contributed by atoms with Gasteiger partial charge in [0.05, 0.1) is 5.39 Å². The molecule has 23 heavy (non-hydrogen) atoms. The summed E-state index contributed by atoms with van der Waals surface area (Å²) < 4.78 is 0. The summed E-state index contributed by atoms with van der Waals surface area (Å²) in [5.41, 5.74) is 3.59. The van der Waals surface area contributed by atoms with Crippen molar-refractivity contribution < 1.29 is 0 Å². The van der Waals surface area contributed by atoms with Gasteiger partial charge in [-0.15, -0.1) is 11.3 Å². The zero-order valence-corrected chi connectivity index (χ0v) is 15.1. The maximum Gasteiger partial charge on any atom is 0.225 e. The van der Waals surface area contributed by atoms with Crippen molar-refractivity contribution in [3.05, 3.63) is 40.5 Å². The lowest BCUT2D eigenvalue weighted by Crippen LogP contribution is -2.07. The Labute approximate surface area is 145 Å². The Bertz CT molecular complexity index is 809. The summed E-state index contributed by atoms with van der Waals surface area (Å²) in [6.45, 7) is 7.40. The topological polar surface area (TPSA) is 37.8 Å². The smallest absolute Gasteiger partial charge is 0.225 e. The van der Waals surface area contributed by atoms with E-state index in [0.29, 0.717) is 11.2 Å². The largest absolute Gasteiger partial charge is 0.369 e. The number of aromatic nitrogens is 2. The number of rotatable bonds is 5. The van der Waals surface area contributed by atoms with Gasteiger partial charge >= 0.3 is 0 Å². The zero-order valence-electron chi connectivity index (χ0n) is 13.6. The van der Waals surface area contributed by atoms with Gasteiger partial charge in [0.25, 0.3) is 0 Å². The van der Waals surface area contributed by atoms with Crippen molar-refractivity contribution in [1.82, 2.24) is 9.97 Å². The molecule has 0 radical (unpaired) electrons. The van der Waals surface area contributed by atoms with E-state index >= 15 is 0 Å². The minimum absolute atomic E-state index is 0.293. The molecule has 0 aliphatic rings. The third-order valence-electron chi connectivity index (χ3n) is 3.78. The summed E-state index contributed by atoms with van der Waals surface area (Å²) in [7, 11) is 0. The van der Waals surface area contributed by atoms with E-state index in [1.165, 1.54) is 11.1 Å².